The number of carbonyl (C=O) groups excluding carboxylic acids is 1. The average Bonchev–Trinajstić information content (AvgIpc) is 2.89. The minimum atomic E-state index is -1.59. The minimum Gasteiger partial charge on any atom is -0.383 e. The van der Waals surface area contributed by atoms with Crippen LogP contribution in [0.3, 0.4) is 0 Å². The number of hydrogen-bond donors (Lipinski definition) is 2. The summed E-state index contributed by atoms with van der Waals surface area (Å²) in [6, 6.07) is 2.98. The zero-order chi connectivity index (χ0) is 14.8. The summed E-state index contributed by atoms with van der Waals surface area (Å²) < 4.78 is 26.5. The SMILES string of the molecule is CC(O)(CNC(=O)C1=CCCC1)c1ccc(F)cc1F. The van der Waals surface area contributed by atoms with E-state index in [1.54, 1.807) is 0 Å². The molecule has 1 aromatic carbocycles. The predicted octanol–water partition coefficient (Wildman–Crippen LogP) is 2.40. The molecule has 0 aromatic heterocycles. The van der Waals surface area contributed by atoms with E-state index in [0.717, 1.165) is 25.3 Å². The smallest absolute Gasteiger partial charge is 0.246 e. The Morgan fingerprint density at radius 2 is 2.20 bits per heavy atom. The molecule has 1 aromatic rings. The number of benzene rings is 1. The van der Waals surface area contributed by atoms with Crippen LogP contribution in [0.4, 0.5) is 8.78 Å². The zero-order valence-corrected chi connectivity index (χ0v) is 11.2. The predicted molar refractivity (Wildman–Crippen MR) is 70.9 cm³/mol. The van der Waals surface area contributed by atoms with Crippen molar-refractivity contribution in [1.29, 1.82) is 0 Å². The molecule has 0 fully saturated rings. The van der Waals surface area contributed by atoms with Crippen LogP contribution in [-0.4, -0.2) is 17.6 Å². The molecule has 0 saturated heterocycles. The van der Waals surface area contributed by atoms with Crippen molar-refractivity contribution >= 4 is 5.91 Å². The van der Waals surface area contributed by atoms with Crippen LogP contribution in [0.5, 0.6) is 0 Å². The molecule has 5 heteroatoms. The van der Waals surface area contributed by atoms with E-state index in [9.17, 15) is 18.7 Å². The van der Waals surface area contributed by atoms with E-state index < -0.39 is 17.2 Å². The quantitative estimate of drug-likeness (QED) is 0.890. The molecule has 3 nitrogen and oxygen atoms in total. The Labute approximate surface area is 116 Å². The van der Waals surface area contributed by atoms with E-state index in [-0.39, 0.29) is 18.0 Å². The first-order valence-corrected chi connectivity index (χ1v) is 6.55. The second-order valence-electron chi connectivity index (χ2n) is 5.20. The molecule has 2 rings (SSSR count). The average molecular weight is 281 g/mol. The highest BCUT2D eigenvalue weighted by molar-refractivity contribution is 5.93. The van der Waals surface area contributed by atoms with Gasteiger partial charge in [0.05, 0.1) is 6.54 Å². The third-order valence-electron chi connectivity index (χ3n) is 3.44. The van der Waals surface area contributed by atoms with Crippen molar-refractivity contribution in [1.82, 2.24) is 5.32 Å². The number of nitrogens with one attached hydrogen (secondary N) is 1. The molecule has 1 aliphatic rings. The number of allylic oxidation sites excluding steroid dienone is 1. The van der Waals surface area contributed by atoms with Crippen LogP contribution in [0.25, 0.3) is 0 Å². The molecule has 20 heavy (non-hydrogen) atoms. The van der Waals surface area contributed by atoms with Crippen molar-refractivity contribution in [3.8, 4) is 0 Å². The third kappa shape index (κ3) is 3.22. The number of rotatable bonds is 4. The van der Waals surface area contributed by atoms with Gasteiger partial charge in [0.1, 0.15) is 17.2 Å². The number of amides is 1. The van der Waals surface area contributed by atoms with Gasteiger partial charge in [0, 0.05) is 17.2 Å². The third-order valence-corrected chi connectivity index (χ3v) is 3.44. The summed E-state index contributed by atoms with van der Waals surface area (Å²) in [6.07, 6.45) is 4.42. The molecule has 0 saturated carbocycles. The maximum Gasteiger partial charge on any atom is 0.246 e. The van der Waals surface area contributed by atoms with Crippen LogP contribution in [0, 0.1) is 11.6 Å². The molecule has 108 valence electrons. The van der Waals surface area contributed by atoms with E-state index in [1.807, 2.05) is 6.08 Å². The van der Waals surface area contributed by atoms with Crippen LogP contribution in [-0.2, 0) is 10.4 Å². The Morgan fingerprint density at radius 1 is 1.45 bits per heavy atom. The Morgan fingerprint density at radius 3 is 2.80 bits per heavy atom. The lowest BCUT2D eigenvalue weighted by Crippen LogP contribution is -2.39. The van der Waals surface area contributed by atoms with Crippen LogP contribution in [0.15, 0.2) is 29.8 Å². The summed E-state index contributed by atoms with van der Waals surface area (Å²) in [7, 11) is 0. The second kappa shape index (κ2) is 5.71. The fraction of sp³-hybridized carbons (Fsp3) is 0.400. The Balaban J connectivity index is 2.05. The maximum atomic E-state index is 13.6. The molecule has 1 aliphatic carbocycles. The van der Waals surface area contributed by atoms with E-state index in [1.165, 1.54) is 13.0 Å². The van der Waals surface area contributed by atoms with Gasteiger partial charge in [0.2, 0.25) is 5.91 Å². The van der Waals surface area contributed by atoms with Crippen molar-refractivity contribution in [2.75, 3.05) is 6.54 Å². The summed E-state index contributed by atoms with van der Waals surface area (Å²) in [5.74, 6) is -1.78. The van der Waals surface area contributed by atoms with E-state index in [4.69, 9.17) is 0 Å². The highest BCUT2D eigenvalue weighted by Crippen LogP contribution is 2.24. The zero-order valence-electron chi connectivity index (χ0n) is 11.2. The van der Waals surface area contributed by atoms with Crippen molar-refractivity contribution in [3.05, 3.63) is 47.0 Å². The molecule has 0 radical (unpaired) electrons. The van der Waals surface area contributed by atoms with Gasteiger partial charge in [-0.2, -0.15) is 0 Å². The van der Waals surface area contributed by atoms with Crippen LogP contribution >= 0.6 is 0 Å². The van der Waals surface area contributed by atoms with Gasteiger partial charge in [0.15, 0.2) is 0 Å². The summed E-state index contributed by atoms with van der Waals surface area (Å²) in [5, 5.41) is 12.8. The van der Waals surface area contributed by atoms with Gasteiger partial charge in [0.25, 0.3) is 0 Å². The van der Waals surface area contributed by atoms with Gasteiger partial charge >= 0.3 is 0 Å². The lowest BCUT2D eigenvalue weighted by Gasteiger charge is -2.25. The Hall–Kier alpha value is -1.75. The monoisotopic (exact) mass is 281 g/mol. The van der Waals surface area contributed by atoms with Gasteiger partial charge in [-0.25, -0.2) is 8.78 Å². The van der Waals surface area contributed by atoms with E-state index in [0.29, 0.717) is 11.6 Å². The van der Waals surface area contributed by atoms with E-state index in [2.05, 4.69) is 5.32 Å². The van der Waals surface area contributed by atoms with Gasteiger partial charge < -0.3 is 10.4 Å². The first-order chi connectivity index (χ1) is 9.40. The normalized spacial score (nSPS) is 17.5. The van der Waals surface area contributed by atoms with Crippen LogP contribution in [0.1, 0.15) is 31.7 Å². The summed E-state index contributed by atoms with van der Waals surface area (Å²) in [6.45, 7) is 1.25. The fourth-order valence-corrected chi connectivity index (χ4v) is 2.26. The first-order valence-electron chi connectivity index (χ1n) is 6.55. The molecule has 1 amide bonds. The van der Waals surface area contributed by atoms with Crippen molar-refractivity contribution in [3.63, 3.8) is 0 Å². The maximum absolute atomic E-state index is 13.6. The molecule has 0 spiro atoms. The summed E-state index contributed by atoms with van der Waals surface area (Å²) in [5.41, 5.74) is -0.938. The second-order valence-corrected chi connectivity index (χ2v) is 5.20. The molecule has 1 atom stereocenters. The van der Waals surface area contributed by atoms with Gasteiger partial charge in [-0.05, 0) is 32.3 Å². The molecule has 0 aliphatic heterocycles. The van der Waals surface area contributed by atoms with Gasteiger partial charge in [-0.15, -0.1) is 0 Å². The highest BCUT2D eigenvalue weighted by atomic mass is 19.1. The van der Waals surface area contributed by atoms with Crippen LogP contribution in [0.2, 0.25) is 0 Å². The number of halogens is 2. The molecular weight excluding hydrogens is 264 g/mol. The number of aliphatic hydroxyl groups is 1. The lowest BCUT2D eigenvalue weighted by atomic mass is 9.95. The fourth-order valence-electron chi connectivity index (χ4n) is 2.26. The number of carbonyl (C=O) groups is 1. The standard InChI is InChI=1S/C15H17F2NO2/c1-15(20,12-7-6-11(16)8-13(12)17)9-18-14(19)10-4-2-3-5-10/h4,6-8,20H,2-3,5,9H2,1H3,(H,18,19). The Kier molecular flexibility index (Phi) is 4.18. The number of hydrogen-bond acceptors (Lipinski definition) is 2. The lowest BCUT2D eigenvalue weighted by molar-refractivity contribution is -0.118. The van der Waals surface area contributed by atoms with Crippen molar-refractivity contribution in [2.45, 2.75) is 31.8 Å². The van der Waals surface area contributed by atoms with Crippen LogP contribution < -0.4 is 5.32 Å². The molecule has 0 bridgehead atoms. The Bertz CT molecular complexity index is 553. The molecule has 1 unspecified atom stereocenters. The van der Waals surface area contributed by atoms with E-state index >= 15 is 0 Å². The largest absolute Gasteiger partial charge is 0.383 e. The minimum absolute atomic E-state index is 0.0420. The topological polar surface area (TPSA) is 49.3 Å². The molecule has 2 N–H and O–H groups in total. The summed E-state index contributed by atoms with van der Waals surface area (Å²) in [4.78, 5) is 11.8. The molecule has 0 heterocycles. The van der Waals surface area contributed by atoms with Gasteiger partial charge in [-0.3, -0.25) is 4.79 Å². The van der Waals surface area contributed by atoms with Crippen molar-refractivity contribution < 1.29 is 18.7 Å². The highest BCUT2D eigenvalue weighted by Gasteiger charge is 2.28. The molecular formula is C15H17F2NO2. The first kappa shape index (κ1) is 14.7. The van der Waals surface area contributed by atoms with Crippen molar-refractivity contribution in [2.24, 2.45) is 0 Å². The summed E-state index contributed by atoms with van der Waals surface area (Å²) >= 11 is 0. The van der Waals surface area contributed by atoms with Gasteiger partial charge in [-0.1, -0.05) is 12.1 Å².